The van der Waals surface area contributed by atoms with E-state index in [4.69, 9.17) is 43.6 Å². The third-order valence-corrected chi connectivity index (χ3v) is 29.6. The van der Waals surface area contributed by atoms with Crippen LogP contribution in [0.1, 0.15) is 280 Å². The number of aromatic nitrogens is 8. The van der Waals surface area contributed by atoms with Gasteiger partial charge >= 0.3 is 23.9 Å². The van der Waals surface area contributed by atoms with Crippen molar-refractivity contribution in [1.29, 1.82) is 0 Å². The molecule has 0 saturated heterocycles. The Balaban J connectivity index is 0.977. The van der Waals surface area contributed by atoms with E-state index in [1.54, 1.807) is 0 Å². The van der Waals surface area contributed by atoms with E-state index in [9.17, 15) is 19.2 Å². The summed E-state index contributed by atoms with van der Waals surface area (Å²) in [5.74, 6) is -0.688. The smallest absolute Gasteiger partial charge is 0.338 e. The van der Waals surface area contributed by atoms with Gasteiger partial charge in [0.05, 0.1) is 136 Å². The SMILES string of the molecule is CCCCC(CC)COc1ccc(N(c2ccc(-c3c4nc(c(-c5ccccc5C(=O)OC)c5[nH]c(cc6nc(c(-c7ccccc7C(=O)OC)c7[nH]c3c(CC)c7C)C(C)=C6CC)c(CC)c5C)C(C)=C4CC)cc2)c2ccc(-c3c4nc(c(-c5ccccc5C(=O)OC)c5[nH]c(cc6nc(c(-c7ccccc7C(=O)OC)c7[nH]c3c(CC)c7C)C(C)=C6CC)c(CC)c5C)C(C)=C4CC)cc2)cc1. The molecule has 0 aliphatic carbocycles. The van der Waals surface area contributed by atoms with Crippen molar-refractivity contribution in [3.8, 4) is 72.5 Å². The molecule has 6 aromatic heterocycles. The fourth-order valence-electron chi connectivity index (χ4n) is 22.2. The average Bonchev–Trinajstić information content (AvgIpc) is 1.57. The van der Waals surface area contributed by atoms with E-state index in [0.717, 1.165) is 260 Å². The zero-order valence-electron chi connectivity index (χ0n) is 85.0. The average molecular weight is 1860 g/mol. The van der Waals surface area contributed by atoms with Crippen molar-refractivity contribution in [2.45, 2.75) is 202 Å². The monoisotopic (exact) mass is 1860 g/mol. The van der Waals surface area contributed by atoms with Gasteiger partial charge in [-0.1, -0.05) is 186 Å². The van der Waals surface area contributed by atoms with Crippen LogP contribution in [0.4, 0.5) is 17.1 Å². The molecule has 714 valence electrons. The molecule has 1 atom stereocenters. The number of aryl methyl sites for hydroxylation is 8. The lowest BCUT2D eigenvalue weighted by Crippen LogP contribution is -2.12. The fourth-order valence-corrected chi connectivity index (χ4v) is 22.2. The number of fused-ring (bicyclic) bond motifs is 16. The molecule has 1 unspecified atom stereocenters. The van der Waals surface area contributed by atoms with E-state index in [2.05, 4.69) is 234 Å². The van der Waals surface area contributed by atoms with Crippen LogP contribution in [0.3, 0.4) is 0 Å². The Hall–Kier alpha value is -14.8. The first kappa shape index (κ1) is 96.9. The van der Waals surface area contributed by atoms with Gasteiger partial charge in [-0.25, -0.2) is 39.1 Å². The van der Waals surface area contributed by atoms with Crippen molar-refractivity contribution in [3.05, 3.63) is 294 Å². The molecule has 4 aliphatic heterocycles. The van der Waals surface area contributed by atoms with Crippen molar-refractivity contribution < 1.29 is 42.9 Å². The lowest BCUT2D eigenvalue weighted by molar-refractivity contribution is 0.0592. The van der Waals surface area contributed by atoms with Crippen LogP contribution in [0.2, 0.25) is 0 Å². The van der Waals surface area contributed by atoms with E-state index >= 15 is 0 Å². The number of aromatic amines is 4. The largest absolute Gasteiger partial charge is 0.493 e. The quantitative estimate of drug-likeness (QED) is 0.0264. The van der Waals surface area contributed by atoms with E-state index in [-0.39, 0.29) is 0 Å². The van der Waals surface area contributed by atoms with Crippen molar-refractivity contribution >= 4 is 130 Å². The summed E-state index contributed by atoms with van der Waals surface area (Å²) < 4.78 is 29.3. The van der Waals surface area contributed by atoms with Crippen molar-refractivity contribution in [2.75, 3.05) is 39.9 Å². The first-order valence-electron chi connectivity index (χ1n) is 49.8. The minimum absolute atomic E-state index is 0.404. The maximum Gasteiger partial charge on any atom is 0.338 e. The highest BCUT2D eigenvalue weighted by atomic mass is 16.5. The first-order chi connectivity index (χ1) is 67.9. The number of allylic oxidation sites excluding steroid dienone is 8. The molecule has 13 aromatic rings. The van der Waals surface area contributed by atoms with Crippen molar-refractivity contribution in [1.82, 2.24) is 39.9 Å². The molecule has 16 bridgehead atoms. The molecule has 0 saturated carbocycles. The van der Waals surface area contributed by atoms with Gasteiger partial charge in [0.2, 0.25) is 0 Å². The topological polar surface area (TPSA) is 232 Å². The molecule has 10 heterocycles. The number of carbonyl (C=O) groups is 4. The highest BCUT2D eigenvalue weighted by molar-refractivity contribution is 6.14. The number of carbonyl (C=O) groups excluding carboxylic acids is 4. The number of H-pyrrole nitrogens is 4. The Morgan fingerprint density at radius 1 is 0.321 bits per heavy atom. The molecule has 0 spiro atoms. The lowest BCUT2D eigenvalue weighted by Gasteiger charge is -2.26. The van der Waals surface area contributed by atoms with Crippen LogP contribution in [0.5, 0.6) is 5.75 Å². The van der Waals surface area contributed by atoms with Gasteiger partial charge in [0, 0.05) is 83.7 Å². The summed E-state index contributed by atoms with van der Waals surface area (Å²) in [5, 5.41) is 0. The number of anilines is 3. The van der Waals surface area contributed by atoms with Gasteiger partial charge in [0.1, 0.15) is 5.75 Å². The summed E-state index contributed by atoms with van der Waals surface area (Å²) in [4.78, 5) is 100. The molecular formula is C122H127N9O9. The molecule has 7 aromatic carbocycles. The van der Waals surface area contributed by atoms with Gasteiger partial charge in [0.25, 0.3) is 0 Å². The Kier molecular flexibility index (Phi) is 28.2. The van der Waals surface area contributed by atoms with E-state index < -0.39 is 23.9 Å². The van der Waals surface area contributed by atoms with Crippen LogP contribution in [0, 0.1) is 33.6 Å². The summed E-state index contributed by atoms with van der Waals surface area (Å²) in [5.41, 5.74) is 42.5. The van der Waals surface area contributed by atoms with Gasteiger partial charge in [-0.05, 0) is 304 Å². The molecule has 4 aliphatic rings. The summed E-state index contributed by atoms with van der Waals surface area (Å²) >= 11 is 0. The predicted octanol–water partition coefficient (Wildman–Crippen LogP) is 31.0. The molecule has 0 radical (unpaired) electrons. The molecule has 18 nitrogen and oxygen atoms in total. The van der Waals surface area contributed by atoms with Crippen LogP contribution >= 0.6 is 0 Å². The van der Waals surface area contributed by atoms with Gasteiger partial charge in [-0.15, -0.1) is 0 Å². The zero-order chi connectivity index (χ0) is 99.1. The number of benzene rings is 7. The Morgan fingerprint density at radius 3 is 0.929 bits per heavy atom. The van der Waals surface area contributed by atoms with E-state index in [1.807, 2.05) is 97.1 Å². The highest BCUT2D eigenvalue weighted by Crippen LogP contribution is 2.53. The van der Waals surface area contributed by atoms with Crippen LogP contribution in [-0.2, 0) is 44.6 Å². The van der Waals surface area contributed by atoms with Crippen LogP contribution in [-0.4, -0.2) is 98.8 Å². The van der Waals surface area contributed by atoms with E-state index in [1.165, 1.54) is 28.4 Å². The van der Waals surface area contributed by atoms with Crippen molar-refractivity contribution in [3.63, 3.8) is 0 Å². The Bertz CT molecular complexity index is 7170. The third-order valence-electron chi connectivity index (χ3n) is 29.6. The number of rotatable bonds is 28. The predicted molar refractivity (Wildman–Crippen MR) is 575 cm³/mol. The fraction of sp³-hybridized carbons (Fsp3) is 0.295. The normalized spacial score (nSPS) is 12.8. The van der Waals surface area contributed by atoms with Crippen LogP contribution < -0.4 is 9.64 Å². The minimum Gasteiger partial charge on any atom is -0.493 e. The maximum absolute atomic E-state index is 14.4. The number of hydrogen-bond acceptors (Lipinski definition) is 14. The number of ether oxygens (including phenoxy) is 5. The van der Waals surface area contributed by atoms with Crippen LogP contribution in [0.15, 0.2) is 182 Å². The molecule has 4 N–H and O–H groups in total. The number of esters is 4. The van der Waals surface area contributed by atoms with Gasteiger partial charge < -0.3 is 48.5 Å². The van der Waals surface area contributed by atoms with Gasteiger partial charge in [-0.2, -0.15) is 0 Å². The Labute approximate surface area is 821 Å². The molecule has 17 rings (SSSR count). The standard InChI is InChI=1S/C122H127N9O9/c1-23-33-42-74(24-2)65-140-80-61-59-79(60-62-80)131(77-55-51-75(52-56-77)101-115-85(29-7)70(15)111(127-115)103(89-43-34-38-47-93(89)119(132)136-19)107-66(11)81(25-3)97(123-107)63-98-82(26-4)67(12)108(124-98)104(112-71(16)86(30-8)116(101)128-112)90-44-35-39-48-94(90)120(133)137-20)78-57-53-76(54-58-78)102-117-87(31-9)72(17)113(129-117)105(91-45-36-40-49-95(91)121(134)138-21)109-68(13)83(27-5)99(125-109)64-100-84(28-6)69(14)110(126-100)106(114-73(18)88(32-10)118(102)130-114)92-46-37-41-50-96(92)122(135)139-22/h34-41,43-64,74,123,125,128,130H,23-33,42,65H2,1-22H3. The molecule has 18 heteroatoms. The first-order valence-corrected chi connectivity index (χ1v) is 49.8. The second-order valence-electron chi connectivity index (χ2n) is 36.9. The molecular weight excluding hydrogens is 1740 g/mol. The summed E-state index contributed by atoms with van der Waals surface area (Å²) in [6.07, 6.45) is 9.43. The second kappa shape index (κ2) is 40.7. The molecule has 140 heavy (non-hydrogen) atoms. The summed E-state index contributed by atoms with van der Waals surface area (Å²) in [6, 6.07) is 61.3. The number of methoxy groups -OCH3 is 4. The van der Waals surface area contributed by atoms with E-state index in [0.29, 0.717) is 120 Å². The lowest BCUT2D eigenvalue weighted by atomic mass is 9.91. The third kappa shape index (κ3) is 16.9. The summed E-state index contributed by atoms with van der Waals surface area (Å²) in [6.45, 7) is 39.9. The van der Waals surface area contributed by atoms with Gasteiger partial charge in [0.15, 0.2) is 0 Å². The van der Waals surface area contributed by atoms with Crippen molar-refractivity contribution in [2.24, 2.45) is 5.92 Å². The molecule has 0 fully saturated rings. The maximum atomic E-state index is 14.4. The second-order valence-corrected chi connectivity index (χ2v) is 36.9. The number of nitrogens with one attached hydrogen (secondary N) is 4. The Morgan fingerprint density at radius 2 is 0.621 bits per heavy atom. The number of unbranched alkanes of at least 4 members (excludes halogenated alkanes) is 1. The van der Waals surface area contributed by atoms with Gasteiger partial charge in [-0.3, -0.25) is 0 Å². The number of hydrogen-bond donors (Lipinski definition) is 4. The summed E-state index contributed by atoms with van der Waals surface area (Å²) in [7, 11) is 5.72. The van der Waals surface area contributed by atoms with Crippen LogP contribution in [0.25, 0.3) is 155 Å². The zero-order valence-corrected chi connectivity index (χ0v) is 85.0. The highest BCUT2D eigenvalue weighted by Gasteiger charge is 2.36. The molecule has 0 amide bonds. The number of nitrogens with zero attached hydrogens (tertiary/aromatic N) is 5. The minimum atomic E-state index is -0.468.